The average Bonchev–Trinajstić information content (AvgIpc) is 2.21. The lowest BCUT2D eigenvalue weighted by Gasteiger charge is -2.17. The predicted molar refractivity (Wildman–Crippen MR) is 55.2 cm³/mol. The molecule has 0 amide bonds. The Kier molecular flexibility index (Phi) is 3.68. The Morgan fingerprint density at radius 2 is 2.40 bits per heavy atom. The van der Waals surface area contributed by atoms with Gasteiger partial charge in [-0.3, -0.25) is 9.59 Å². The third-order valence-corrected chi connectivity index (χ3v) is 2.03. The molecule has 0 aliphatic carbocycles. The van der Waals surface area contributed by atoms with Crippen LogP contribution >= 0.6 is 11.6 Å². The number of H-pyrrole nitrogens is 1. The zero-order valence-electron chi connectivity index (χ0n) is 8.28. The number of hydrogen-bond donors (Lipinski definition) is 1. The summed E-state index contributed by atoms with van der Waals surface area (Å²) in [5, 5.41) is 5.87. The summed E-state index contributed by atoms with van der Waals surface area (Å²) in [4.78, 5) is 23.4. The summed E-state index contributed by atoms with van der Waals surface area (Å²) in [7, 11) is 2.90. The number of ether oxygens (including phenoxy) is 1. The highest BCUT2D eigenvalue weighted by molar-refractivity contribution is 6.31. The molecule has 7 heteroatoms. The fourth-order valence-electron chi connectivity index (χ4n) is 0.989. The van der Waals surface area contributed by atoms with Crippen LogP contribution in [0.2, 0.25) is 5.15 Å². The first kappa shape index (κ1) is 11.5. The Bertz CT molecular complexity index is 418. The van der Waals surface area contributed by atoms with Crippen LogP contribution < -0.4 is 10.5 Å². The van der Waals surface area contributed by atoms with E-state index in [-0.39, 0.29) is 17.3 Å². The molecule has 1 N–H and O–H groups in total. The monoisotopic (exact) mass is 231 g/mol. The standard InChI is InChI=1S/C8H10ClN3O3/c1-12(4-7(14)15-2)5-3-6(13)10-11-8(5)9/h3H,4H2,1-2H3,(H,10,13). The van der Waals surface area contributed by atoms with E-state index in [1.165, 1.54) is 18.1 Å². The number of hydrogen-bond acceptors (Lipinski definition) is 5. The van der Waals surface area contributed by atoms with Gasteiger partial charge in [-0.15, -0.1) is 0 Å². The molecule has 1 heterocycles. The molecule has 1 rings (SSSR count). The first-order valence-electron chi connectivity index (χ1n) is 4.07. The van der Waals surface area contributed by atoms with Gasteiger partial charge in [-0.2, -0.15) is 5.10 Å². The van der Waals surface area contributed by atoms with Crippen LogP contribution in [-0.2, 0) is 9.53 Å². The number of anilines is 1. The quantitative estimate of drug-likeness (QED) is 0.743. The maximum absolute atomic E-state index is 11.0. The number of esters is 1. The van der Waals surface area contributed by atoms with Crippen LogP contribution in [0.1, 0.15) is 0 Å². The lowest BCUT2D eigenvalue weighted by Crippen LogP contribution is -2.28. The Balaban J connectivity index is 2.90. The van der Waals surface area contributed by atoms with E-state index in [0.717, 1.165) is 0 Å². The lowest BCUT2D eigenvalue weighted by atomic mass is 10.4. The van der Waals surface area contributed by atoms with E-state index in [0.29, 0.717) is 5.69 Å². The third kappa shape index (κ3) is 2.95. The summed E-state index contributed by atoms with van der Waals surface area (Å²) in [6.07, 6.45) is 0. The molecular formula is C8H10ClN3O3. The van der Waals surface area contributed by atoms with E-state index in [2.05, 4.69) is 14.9 Å². The normalized spacial score (nSPS) is 9.80. The van der Waals surface area contributed by atoms with Crippen LogP contribution in [0.5, 0.6) is 0 Å². The van der Waals surface area contributed by atoms with E-state index < -0.39 is 5.97 Å². The fraction of sp³-hybridized carbons (Fsp3) is 0.375. The molecule has 0 fully saturated rings. The highest BCUT2D eigenvalue weighted by Gasteiger charge is 2.11. The van der Waals surface area contributed by atoms with Gasteiger partial charge in [0.05, 0.1) is 12.8 Å². The molecule has 0 unspecified atom stereocenters. The van der Waals surface area contributed by atoms with Crippen LogP contribution in [0.4, 0.5) is 5.69 Å². The van der Waals surface area contributed by atoms with E-state index in [1.54, 1.807) is 7.05 Å². The van der Waals surface area contributed by atoms with E-state index in [1.807, 2.05) is 0 Å². The number of carbonyl (C=O) groups excluding carboxylic acids is 1. The molecule has 0 atom stereocenters. The van der Waals surface area contributed by atoms with Crippen LogP contribution in [0.3, 0.4) is 0 Å². The zero-order chi connectivity index (χ0) is 11.4. The Labute approximate surface area is 90.8 Å². The highest BCUT2D eigenvalue weighted by atomic mass is 35.5. The number of likely N-dealkylation sites (N-methyl/N-ethyl adjacent to an activating group) is 1. The van der Waals surface area contributed by atoms with Gasteiger partial charge in [-0.1, -0.05) is 11.6 Å². The molecule has 0 bridgehead atoms. The van der Waals surface area contributed by atoms with Crippen LogP contribution in [0.25, 0.3) is 0 Å². The minimum absolute atomic E-state index is 0.00134. The summed E-state index contributed by atoms with van der Waals surface area (Å²) in [6.45, 7) is 0.00134. The van der Waals surface area contributed by atoms with Crippen molar-refractivity contribution in [3.05, 3.63) is 21.6 Å². The minimum Gasteiger partial charge on any atom is -0.468 e. The van der Waals surface area contributed by atoms with Gasteiger partial charge in [0.15, 0.2) is 5.15 Å². The molecule has 82 valence electrons. The summed E-state index contributed by atoms with van der Waals surface area (Å²) in [6, 6.07) is 1.26. The maximum Gasteiger partial charge on any atom is 0.325 e. The highest BCUT2D eigenvalue weighted by Crippen LogP contribution is 2.18. The Morgan fingerprint density at radius 1 is 1.73 bits per heavy atom. The van der Waals surface area contributed by atoms with Gasteiger partial charge in [0.25, 0.3) is 5.56 Å². The van der Waals surface area contributed by atoms with Crippen LogP contribution in [-0.4, -0.2) is 36.9 Å². The molecule has 6 nitrogen and oxygen atoms in total. The number of nitrogens with zero attached hydrogens (tertiary/aromatic N) is 2. The molecule has 0 radical (unpaired) electrons. The van der Waals surface area contributed by atoms with Crippen molar-refractivity contribution in [2.45, 2.75) is 0 Å². The Morgan fingerprint density at radius 3 is 3.00 bits per heavy atom. The fourth-order valence-corrected chi connectivity index (χ4v) is 1.23. The largest absolute Gasteiger partial charge is 0.468 e. The predicted octanol–water partition coefficient (Wildman–Crippen LogP) is 0.0325. The van der Waals surface area contributed by atoms with Crippen molar-refractivity contribution < 1.29 is 9.53 Å². The smallest absolute Gasteiger partial charge is 0.325 e. The molecule has 15 heavy (non-hydrogen) atoms. The number of nitrogens with one attached hydrogen (secondary N) is 1. The molecule has 1 aromatic heterocycles. The SMILES string of the molecule is COC(=O)CN(C)c1cc(=O)[nH]nc1Cl. The number of carbonyl (C=O) groups is 1. The molecular weight excluding hydrogens is 222 g/mol. The minimum atomic E-state index is -0.422. The summed E-state index contributed by atoms with van der Waals surface area (Å²) >= 11 is 5.74. The second kappa shape index (κ2) is 4.79. The average molecular weight is 232 g/mol. The van der Waals surface area contributed by atoms with Crippen molar-refractivity contribution in [1.29, 1.82) is 0 Å². The molecule has 1 aromatic rings. The van der Waals surface area contributed by atoms with E-state index >= 15 is 0 Å². The molecule has 0 spiro atoms. The van der Waals surface area contributed by atoms with Gasteiger partial charge in [0.1, 0.15) is 6.54 Å². The first-order valence-corrected chi connectivity index (χ1v) is 4.45. The second-order valence-electron chi connectivity index (χ2n) is 2.84. The number of halogens is 1. The van der Waals surface area contributed by atoms with Gasteiger partial charge in [-0.05, 0) is 0 Å². The van der Waals surface area contributed by atoms with Crippen molar-refractivity contribution in [2.75, 3.05) is 25.6 Å². The first-order chi connectivity index (χ1) is 7.04. The molecule has 0 aromatic carbocycles. The van der Waals surface area contributed by atoms with Crippen molar-refractivity contribution in [3.63, 3.8) is 0 Å². The number of aromatic nitrogens is 2. The molecule has 0 aliphatic heterocycles. The van der Waals surface area contributed by atoms with E-state index in [9.17, 15) is 9.59 Å². The lowest BCUT2D eigenvalue weighted by molar-refractivity contribution is -0.138. The second-order valence-corrected chi connectivity index (χ2v) is 3.20. The number of rotatable bonds is 3. The third-order valence-electron chi connectivity index (χ3n) is 1.75. The summed E-state index contributed by atoms with van der Waals surface area (Å²) < 4.78 is 4.48. The molecule has 0 saturated heterocycles. The van der Waals surface area contributed by atoms with Crippen molar-refractivity contribution in [3.8, 4) is 0 Å². The van der Waals surface area contributed by atoms with Crippen molar-refractivity contribution in [1.82, 2.24) is 10.2 Å². The topological polar surface area (TPSA) is 75.3 Å². The van der Waals surface area contributed by atoms with Gasteiger partial charge in [-0.25, -0.2) is 5.10 Å². The van der Waals surface area contributed by atoms with Gasteiger partial charge < -0.3 is 9.64 Å². The summed E-state index contributed by atoms with van der Waals surface area (Å²) in [5.41, 5.74) is -0.00284. The summed E-state index contributed by atoms with van der Waals surface area (Å²) in [5.74, 6) is -0.422. The zero-order valence-corrected chi connectivity index (χ0v) is 9.04. The Hall–Kier alpha value is -1.56. The number of aromatic amines is 1. The van der Waals surface area contributed by atoms with Gasteiger partial charge in [0.2, 0.25) is 0 Å². The molecule has 0 saturated carbocycles. The maximum atomic E-state index is 11.0. The van der Waals surface area contributed by atoms with Crippen LogP contribution in [0.15, 0.2) is 10.9 Å². The van der Waals surface area contributed by atoms with Gasteiger partial charge in [0, 0.05) is 13.1 Å². The number of methoxy groups -OCH3 is 1. The van der Waals surface area contributed by atoms with Crippen LogP contribution in [0, 0.1) is 0 Å². The van der Waals surface area contributed by atoms with Gasteiger partial charge >= 0.3 is 5.97 Å². The van der Waals surface area contributed by atoms with Crippen molar-refractivity contribution >= 4 is 23.3 Å². The van der Waals surface area contributed by atoms with E-state index in [4.69, 9.17) is 11.6 Å². The van der Waals surface area contributed by atoms with Crippen molar-refractivity contribution in [2.24, 2.45) is 0 Å². The molecule has 0 aliphatic rings.